The molecule has 6 rings (SSSR count). The van der Waals surface area contributed by atoms with Gasteiger partial charge in [0.2, 0.25) is 0 Å². The van der Waals surface area contributed by atoms with Crippen molar-refractivity contribution in [2.45, 2.75) is 111 Å². The number of hydrogen-bond donors (Lipinski definition) is 2. The molecule has 6 aromatic rings. The van der Waals surface area contributed by atoms with Gasteiger partial charge in [0.1, 0.15) is 34.6 Å². The number of para-hydroxylation sites is 2. The smallest absolute Gasteiger partial charge is 0.131 e. The van der Waals surface area contributed by atoms with Gasteiger partial charge >= 0.3 is 0 Å². The zero-order valence-electron chi connectivity index (χ0n) is 38.0. The van der Waals surface area contributed by atoms with Gasteiger partial charge in [-0.25, -0.2) is 8.78 Å². The van der Waals surface area contributed by atoms with E-state index in [1.54, 1.807) is 12.1 Å². The van der Waals surface area contributed by atoms with Gasteiger partial charge in [0.05, 0.1) is 13.2 Å². The zero-order chi connectivity index (χ0) is 44.7. The molecule has 2 N–H and O–H groups in total. The molecular weight excluding hydrogens is 763 g/mol. The summed E-state index contributed by atoms with van der Waals surface area (Å²) >= 11 is 0. The molecular formula is C55H62F2O4. The third-order valence-electron chi connectivity index (χ3n) is 11.3. The second-order valence-electron chi connectivity index (χ2n) is 20.3. The Hall–Kier alpha value is -5.62. The van der Waals surface area contributed by atoms with Gasteiger partial charge in [-0.05, 0) is 91.4 Å². The number of aromatic hydroxyl groups is 2. The number of phenolic OH excluding ortho intramolecular Hbond substituents is 2. The Morgan fingerprint density at radius 1 is 0.393 bits per heavy atom. The minimum Gasteiger partial charge on any atom is -0.507 e. The third kappa shape index (κ3) is 10.3. The molecule has 0 spiro atoms. The molecule has 4 nitrogen and oxygen atoms in total. The lowest BCUT2D eigenvalue weighted by Crippen LogP contribution is -2.16. The summed E-state index contributed by atoms with van der Waals surface area (Å²) < 4.78 is 43.6. The molecule has 0 aliphatic rings. The van der Waals surface area contributed by atoms with Gasteiger partial charge in [-0.15, -0.1) is 0 Å². The van der Waals surface area contributed by atoms with Gasteiger partial charge in [0.25, 0.3) is 0 Å². The summed E-state index contributed by atoms with van der Waals surface area (Å²) in [5, 5.41) is 23.6. The second-order valence-corrected chi connectivity index (χ2v) is 20.3. The quantitative estimate of drug-likeness (QED) is 0.135. The standard InChI is InChI=1S/C55H62F2O4/c1-52(2,3)36-24-34(25-37(28-36)53(4,5)6)44-30-40(56)32-46(50(44)58)42-18-13-15-20-48(42)60-22-17-23-61-49-21-16-14-19-43(49)47-33-41(57)31-45(51(47)59)35-26-38(54(7,8)9)29-39(27-35)55(10,11)12/h13-16,18-21,24-33,58-59H,17,22-23H2,1-12H3. The molecule has 6 heteroatoms. The summed E-state index contributed by atoms with van der Waals surface area (Å²) in [5.41, 5.74) is 7.90. The van der Waals surface area contributed by atoms with Crippen molar-refractivity contribution < 1.29 is 28.5 Å². The van der Waals surface area contributed by atoms with E-state index in [1.165, 1.54) is 24.3 Å². The summed E-state index contributed by atoms with van der Waals surface area (Å²) in [7, 11) is 0. The monoisotopic (exact) mass is 824 g/mol. The summed E-state index contributed by atoms with van der Waals surface area (Å²) in [6.45, 7) is 26.3. The molecule has 0 aliphatic heterocycles. The van der Waals surface area contributed by atoms with Crippen LogP contribution in [0.4, 0.5) is 8.78 Å². The lowest BCUT2D eigenvalue weighted by molar-refractivity contribution is 0.248. The summed E-state index contributed by atoms with van der Waals surface area (Å²) in [6.07, 6.45) is 0.480. The van der Waals surface area contributed by atoms with E-state index in [4.69, 9.17) is 9.47 Å². The van der Waals surface area contributed by atoms with Crippen molar-refractivity contribution in [3.63, 3.8) is 0 Å². The molecule has 0 aliphatic carbocycles. The van der Waals surface area contributed by atoms with Crippen molar-refractivity contribution in [2.24, 2.45) is 0 Å². The molecule has 0 saturated heterocycles. The van der Waals surface area contributed by atoms with Crippen LogP contribution in [0.1, 0.15) is 112 Å². The van der Waals surface area contributed by atoms with E-state index in [2.05, 4.69) is 95.2 Å². The molecule has 6 aromatic carbocycles. The lowest BCUT2D eigenvalue weighted by atomic mass is 9.78. The van der Waals surface area contributed by atoms with Crippen LogP contribution in [0.15, 0.2) is 109 Å². The van der Waals surface area contributed by atoms with Crippen LogP contribution < -0.4 is 9.47 Å². The molecule has 0 bridgehead atoms. The third-order valence-corrected chi connectivity index (χ3v) is 11.3. The predicted octanol–water partition coefficient (Wildman–Crippen LogP) is 15.1. The fourth-order valence-electron chi connectivity index (χ4n) is 7.40. The first kappa shape index (κ1) is 44.9. The zero-order valence-corrected chi connectivity index (χ0v) is 38.0. The summed E-state index contributed by atoms with van der Waals surface area (Å²) in [6, 6.07) is 32.6. The first-order valence-electron chi connectivity index (χ1n) is 21.2. The fraction of sp³-hybridized carbons (Fsp3) is 0.345. The molecule has 0 amide bonds. The number of ether oxygens (including phenoxy) is 2. The van der Waals surface area contributed by atoms with E-state index >= 15 is 8.78 Å². The number of halogens is 2. The van der Waals surface area contributed by atoms with Gasteiger partial charge in [-0.3, -0.25) is 0 Å². The Morgan fingerprint density at radius 3 is 1.00 bits per heavy atom. The maximum Gasteiger partial charge on any atom is 0.131 e. The normalized spacial score (nSPS) is 12.4. The van der Waals surface area contributed by atoms with Gasteiger partial charge < -0.3 is 19.7 Å². The SMILES string of the molecule is CC(C)(C)c1cc(-c2cc(F)cc(-c3ccccc3OCCCOc3ccccc3-c3cc(F)cc(-c4cc(C(C)(C)C)cc(C(C)(C)C)c4)c3O)c2O)cc(C(C)(C)C)c1. The van der Waals surface area contributed by atoms with Crippen molar-refractivity contribution in [1.82, 2.24) is 0 Å². The summed E-state index contributed by atoms with van der Waals surface area (Å²) in [5.74, 6) is 0.0134. The number of rotatable bonds is 10. The van der Waals surface area contributed by atoms with Crippen LogP contribution in [0.25, 0.3) is 44.5 Å². The van der Waals surface area contributed by atoms with Crippen LogP contribution in [0.3, 0.4) is 0 Å². The minimum absolute atomic E-state index is 0.0244. The Bertz CT molecular complexity index is 2300. The Labute approximate surface area is 362 Å². The minimum atomic E-state index is -0.465. The van der Waals surface area contributed by atoms with E-state index < -0.39 is 11.6 Å². The highest BCUT2D eigenvalue weighted by atomic mass is 19.1. The van der Waals surface area contributed by atoms with Crippen LogP contribution in [-0.4, -0.2) is 23.4 Å². The molecule has 0 atom stereocenters. The van der Waals surface area contributed by atoms with Gasteiger partial charge in [-0.2, -0.15) is 0 Å². The first-order valence-corrected chi connectivity index (χ1v) is 21.2. The van der Waals surface area contributed by atoms with Crippen LogP contribution >= 0.6 is 0 Å². The predicted molar refractivity (Wildman–Crippen MR) is 248 cm³/mol. The number of hydrogen-bond acceptors (Lipinski definition) is 4. The van der Waals surface area contributed by atoms with Crippen molar-refractivity contribution >= 4 is 0 Å². The molecule has 61 heavy (non-hydrogen) atoms. The van der Waals surface area contributed by atoms with E-state index in [9.17, 15) is 10.2 Å². The van der Waals surface area contributed by atoms with Gasteiger partial charge in [0.15, 0.2) is 0 Å². The van der Waals surface area contributed by atoms with Gasteiger partial charge in [0, 0.05) is 39.8 Å². The molecule has 0 fully saturated rings. The molecule has 0 radical (unpaired) electrons. The highest BCUT2D eigenvalue weighted by molar-refractivity contribution is 5.86. The first-order chi connectivity index (χ1) is 28.4. The lowest BCUT2D eigenvalue weighted by Gasteiger charge is -2.26. The van der Waals surface area contributed by atoms with Crippen LogP contribution in [0.5, 0.6) is 23.0 Å². The Morgan fingerprint density at radius 2 is 0.689 bits per heavy atom. The van der Waals surface area contributed by atoms with E-state index in [-0.39, 0.29) is 46.4 Å². The molecule has 0 heterocycles. The van der Waals surface area contributed by atoms with Crippen molar-refractivity contribution in [3.8, 4) is 67.5 Å². The Kier molecular flexibility index (Phi) is 12.5. The number of benzene rings is 6. The molecule has 320 valence electrons. The number of phenols is 2. The fourth-order valence-corrected chi connectivity index (χ4v) is 7.40. The van der Waals surface area contributed by atoms with Crippen LogP contribution in [-0.2, 0) is 21.7 Å². The molecule has 0 unspecified atom stereocenters. The van der Waals surface area contributed by atoms with E-state index in [0.29, 0.717) is 51.3 Å². The average molecular weight is 825 g/mol. The highest BCUT2D eigenvalue weighted by Gasteiger charge is 2.26. The highest BCUT2D eigenvalue weighted by Crippen LogP contribution is 2.46. The molecule has 0 saturated carbocycles. The van der Waals surface area contributed by atoms with E-state index in [1.807, 2.05) is 60.7 Å². The Balaban J connectivity index is 1.23. The van der Waals surface area contributed by atoms with Crippen molar-refractivity contribution in [2.75, 3.05) is 13.2 Å². The maximum atomic E-state index is 15.5. The van der Waals surface area contributed by atoms with E-state index in [0.717, 1.165) is 33.4 Å². The van der Waals surface area contributed by atoms with Crippen LogP contribution in [0, 0.1) is 11.6 Å². The molecule has 0 aromatic heterocycles. The second kappa shape index (κ2) is 17.0. The van der Waals surface area contributed by atoms with Gasteiger partial charge in [-0.1, -0.05) is 156 Å². The summed E-state index contributed by atoms with van der Waals surface area (Å²) in [4.78, 5) is 0. The largest absolute Gasteiger partial charge is 0.507 e. The van der Waals surface area contributed by atoms with Crippen molar-refractivity contribution in [3.05, 3.63) is 143 Å². The van der Waals surface area contributed by atoms with Crippen molar-refractivity contribution in [1.29, 1.82) is 0 Å². The average Bonchev–Trinajstić information content (AvgIpc) is 3.18. The maximum absolute atomic E-state index is 15.5. The van der Waals surface area contributed by atoms with Crippen LogP contribution in [0.2, 0.25) is 0 Å². The topological polar surface area (TPSA) is 58.9 Å².